The molecule has 21 heavy (non-hydrogen) atoms. The summed E-state index contributed by atoms with van der Waals surface area (Å²) in [4.78, 5) is 11.4. The molecule has 0 amide bonds. The zero-order chi connectivity index (χ0) is 14.4. The summed E-state index contributed by atoms with van der Waals surface area (Å²) in [5.74, 6) is -0.277. The van der Waals surface area contributed by atoms with Gasteiger partial charge in [0.15, 0.2) is 0 Å². The fourth-order valence-electron chi connectivity index (χ4n) is 1.97. The second-order valence-electron chi connectivity index (χ2n) is 4.47. The molecule has 0 unspecified atom stereocenters. The van der Waals surface area contributed by atoms with Crippen molar-refractivity contribution in [3.05, 3.63) is 42.2 Å². The first-order valence-corrected chi connectivity index (χ1v) is 6.70. The monoisotopic (exact) mass is 309 g/mol. The van der Waals surface area contributed by atoms with E-state index in [-0.39, 0.29) is 24.9 Å². The lowest BCUT2D eigenvalue weighted by Crippen LogP contribution is -2.13. The average Bonchev–Trinajstić information content (AvgIpc) is 2.88. The van der Waals surface area contributed by atoms with Crippen LogP contribution in [0.2, 0.25) is 0 Å². The Morgan fingerprint density at radius 2 is 2.00 bits per heavy atom. The van der Waals surface area contributed by atoms with E-state index in [1.165, 1.54) is 5.56 Å². The molecule has 1 heterocycles. The van der Waals surface area contributed by atoms with Crippen LogP contribution in [0.5, 0.6) is 0 Å². The molecule has 2 N–H and O–H groups in total. The summed E-state index contributed by atoms with van der Waals surface area (Å²) in [6.45, 7) is 2.96. The van der Waals surface area contributed by atoms with E-state index in [9.17, 15) is 4.79 Å². The Balaban J connectivity index is 0.00000220. The molecule has 2 aromatic rings. The number of carbonyl (C=O) groups is 1. The second-order valence-corrected chi connectivity index (χ2v) is 4.47. The van der Waals surface area contributed by atoms with E-state index in [2.05, 4.69) is 17.2 Å². The highest BCUT2D eigenvalue weighted by molar-refractivity contribution is 5.85. The van der Waals surface area contributed by atoms with E-state index >= 15 is 0 Å². The minimum atomic E-state index is -0.277. The minimum absolute atomic E-state index is 0. The van der Waals surface area contributed by atoms with E-state index in [0.717, 1.165) is 17.5 Å². The van der Waals surface area contributed by atoms with Gasteiger partial charge in [0, 0.05) is 11.8 Å². The number of ether oxygens (including phenoxy) is 1. The molecule has 0 saturated heterocycles. The van der Waals surface area contributed by atoms with Crippen LogP contribution >= 0.6 is 12.4 Å². The predicted molar refractivity (Wildman–Crippen MR) is 84.3 cm³/mol. The highest BCUT2D eigenvalue weighted by Crippen LogP contribution is 2.19. The van der Waals surface area contributed by atoms with Crippen LogP contribution in [-0.2, 0) is 22.5 Å². The molecule has 0 aliphatic heterocycles. The van der Waals surface area contributed by atoms with Gasteiger partial charge < -0.3 is 10.5 Å². The molecule has 1 aromatic heterocycles. The topological polar surface area (TPSA) is 70.1 Å². The molecule has 0 saturated carbocycles. The number of aromatic nitrogens is 2. The van der Waals surface area contributed by atoms with Gasteiger partial charge in [-0.15, -0.1) is 12.4 Å². The number of rotatable bonds is 6. The Hall–Kier alpha value is -1.85. The lowest BCUT2D eigenvalue weighted by molar-refractivity contribution is -0.144. The maximum absolute atomic E-state index is 11.4. The molecule has 114 valence electrons. The molecule has 0 aliphatic carbocycles. The first-order chi connectivity index (χ1) is 9.72. The van der Waals surface area contributed by atoms with Crippen molar-refractivity contribution in [3.63, 3.8) is 0 Å². The standard InChI is InChI=1S/C15H19N3O2.ClH/c1-2-20-15(19)11-18-10-14(9-17-18)13-5-3-12(4-6-13)7-8-16;/h3-6,9-10H,2,7-8,11,16H2,1H3;1H. The second kappa shape index (κ2) is 8.44. The van der Waals surface area contributed by atoms with Crippen LogP contribution in [-0.4, -0.2) is 28.9 Å². The summed E-state index contributed by atoms with van der Waals surface area (Å²) < 4.78 is 6.48. The molecule has 0 fully saturated rings. The summed E-state index contributed by atoms with van der Waals surface area (Å²) in [7, 11) is 0. The number of halogens is 1. The Morgan fingerprint density at radius 1 is 1.29 bits per heavy atom. The highest BCUT2D eigenvalue weighted by Gasteiger charge is 2.06. The maximum atomic E-state index is 11.4. The third-order valence-corrected chi connectivity index (χ3v) is 2.95. The number of nitrogens with two attached hydrogens (primary N) is 1. The van der Waals surface area contributed by atoms with Gasteiger partial charge in [-0.3, -0.25) is 9.48 Å². The summed E-state index contributed by atoms with van der Waals surface area (Å²) in [5, 5.41) is 4.17. The quantitative estimate of drug-likeness (QED) is 0.829. The average molecular weight is 310 g/mol. The molecule has 0 atom stereocenters. The first kappa shape index (κ1) is 17.2. The number of hydrogen-bond acceptors (Lipinski definition) is 4. The van der Waals surface area contributed by atoms with Crippen molar-refractivity contribution in [1.29, 1.82) is 0 Å². The van der Waals surface area contributed by atoms with Crippen LogP contribution in [0.1, 0.15) is 12.5 Å². The van der Waals surface area contributed by atoms with Crippen molar-refractivity contribution in [2.75, 3.05) is 13.2 Å². The van der Waals surface area contributed by atoms with E-state index < -0.39 is 0 Å². The van der Waals surface area contributed by atoms with Gasteiger partial charge in [0.1, 0.15) is 6.54 Å². The normalized spacial score (nSPS) is 10.0. The first-order valence-electron chi connectivity index (χ1n) is 6.70. The Labute approximate surface area is 130 Å². The van der Waals surface area contributed by atoms with Crippen molar-refractivity contribution >= 4 is 18.4 Å². The molecule has 0 radical (unpaired) electrons. The van der Waals surface area contributed by atoms with Crippen LogP contribution in [0.4, 0.5) is 0 Å². The van der Waals surface area contributed by atoms with Gasteiger partial charge in [-0.25, -0.2) is 0 Å². The van der Waals surface area contributed by atoms with Crippen LogP contribution in [0.3, 0.4) is 0 Å². The Bertz CT molecular complexity index is 567. The summed E-state index contributed by atoms with van der Waals surface area (Å²) >= 11 is 0. The number of benzene rings is 1. The highest BCUT2D eigenvalue weighted by atomic mass is 35.5. The van der Waals surface area contributed by atoms with Gasteiger partial charge in [0.05, 0.1) is 12.8 Å². The van der Waals surface area contributed by atoms with Crippen molar-refractivity contribution in [2.24, 2.45) is 5.73 Å². The van der Waals surface area contributed by atoms with E-state index in [1.54, 1.807) is 17.8 Å². The zero-order valence-corrected chi connectivity index (χ0v) is 12.8. The zero-order valence-electron chi connectivity index (χ0n) is 12.0. The fraction of sp³-hybridized carbons (Fsp3) is 0.333. The number of esters is 1. The number of carbonyl (C=O) groups excluding carboxylic acids is 1. The van der Waals surface area contributed by atoms with Crippen LogP contribution in [0, 0.1) is 0 Å². The van der Waals surface area contributed by atoms with Gasteiger partial charge in [-0.05, 0) is 31.0 Å². The number of hydrogen-bond donors (Lipinski definition) is 1. The molecule has 0 spiro atoms. The van der Waals surface area contributed by atoms with Gasteiger partial charge >= 0.3 is 5.97 Å². The van der Waals surface area contributed by atoms with Crippen molar-refractivity contribution in [2.45, 2.75) is 19.9 Å². The molecule has 5 nitrogen and oxygen atoms in total. The maximum Gasteiger partial charge on any atom is 0.327 e. The Kier molecular flexibility index (Phi) is 6.91. The Morgan fingerprint density at radius 3 is 2.62 bits per heavy atom. The van der Waals surface area contributed by atoms with Gasteiger partial charge in [-0.1, -0.05) is 24.3 Å². The molecule has 0 bridgehead atoms. The summed E-state index contributed by atoms with van der Waals surface area (Å²) in [6, 6.07) is 8.20. The SMILES string of the molecule is CCOC(=O)Cn1cc(-c2ccc(CCN)cc2)cn1.Cl. The third kappa shape index (κ3) is 4.88. The van der Waals surface area contributed by atoms with Gasteiger partial charge in [0.25, 0.3) is 0 Å². The molecule has 1 aromatic carbocycles. The molecular weight excluding hydrogens is 290 g/mol. The lowest BCUT2D eigenvalue weighted by atomic mass is 10.1. The smallest absolute Gasteiger partial charge is 0.327 e. The lowest BCUT2D eigenvalue weighted by Gasteiger charge is -2.02. The molecular formula is C15H20ClN3O2. The minimum Gasteiger partial charge on any atom is -0.465 e. The predicted octanol–water partition coefficient (Wildman–Crippen LogP) is 2.04. The van der Waals surface area contributed by atoms with Crippen LogP contribution in [0.25, 0.3) is 11.1 Å². The fourth-order valence-corrected chi connectivity index (χ4v) is 1.97. The van der Waals surface area contributed by atoms with E-state index in [0.29, 0.717) is 13.2 Å². The molecule has 0 aliphatic rings. The van der Waals surface area contributed by atoms with E-state index in [4.69, 9.17) is 10.5 Å². The molecule has 6 heteroatoms. The van der Waals surface area contributed by atoms with Crippen molar-refractivity contribution < 1.29 is 9.53 Å². The molecule has 2 rings (SSSR count). The third-order valence-electron chi connectivity index (χ3n) is 2.95. The number of nitrogens with zero attached hydrogens (tertiary/aromatic N) is 2. The summed E-state index contributed by atoms with van der Waals surface area (Å²) in [5.41, 5.74) is 8.80. The van der Waals surface area contributed by atoms with E-state index in [1.807, 2.05) is 18.3 Å². The van der Waals surface area contributed by atoms with Gasteiger partial charge in [0.2, 0.25) is 0 Å². The van der Waals surface area contributed by atoms with Crippen molar-refractivity contribution in [3.8, 4) is 11.1 Å². The van der Waals surface area contributed by atoms with Crippen LogP contribution in [0.15, 0.2) is 36.7 Å². The van der Waals surface area contributed by atoms with Gasteiger partial charge in [-0.2, -0.15) is 5.10 Å². The van der Waals surface area contributed by atoms with Crippen molar-refractivity contribution in [1.82, 2.24) is 9.78 Å². The van der Waals surface area contributed by atoms with Crippen LogP contribution < -0.4 is 5.73 Å². The summed E-state index contributed by atoms with van der Waals surface area (Å²) in [6.07, 6.45) is 4.47. The largest absolute Gasteiger partial charge is 0.465 e.